The predicted molar refractivity (Wildman–Crippen MR) is 48.8 cm³/mol. The normalized spacial score (nSPS) is 12.9. The van der Waals surface area contributed by atoms with Crippen LogP contribution in [0.15, 0.2) is 30.3 Å². The molecule has 0 aromatic heterocycles. The van der Waals surface area contributed by atoms with Crippen LogP contribution in [0, 0.1) is 0 Å². The van der Waals surface area contributed by atoms with Gasteiger partial charge in [-0.15, -0.1) is 11.6 Å². The Morgan fingerprint density at radius 3 is 2.45 bits per heavy atom. The minimum absolute atomic E-state index is 0.0670. The van der Waals surface area contributed by atoms with Gasteiger partial charge < -0.3 is 5.73 Å². The molecular weight excluding hydrogens is 158 g/mol. The first-order valence-corrected chi connectivity index (χ1v) is 4.14. The lowest BCUT2D eigenvalue weighted by molar-refractivity contribution is 0.842. The van der Waals surface area contributed by atoms with E-state index in [9.17, 15) is 0 Å². The van der Waals surface area contributed by atoms with Gasteiger partial charge in [0.1, 0.15) is 0 Å². The fraction of sp³-hybridized carbons (Fsp3) is 0.333. The Balaban J connectivity index is 2.51. The van der Waals surface area contributed by atoms with Crippen LogP contribution in [-0.2, 0) is 6.42 Å². The van der Waals surface area contributed by atoms with Gasteiger partial charge >= 0.3 is 0 Å². The first-order valence-electron chi connectivity index (χ1n) is 3.71. The maximum atomic E-state index is 5.87. The summed E-state index contributed by atoms with van der Waals surface area (Å²) in [7, 11) is 0. The minimum atomic E-state index is 0.0670. The topological polar surface area (TPSA) is 26.0 Å². The zero-order chi connectivity index (χ0) is 8.10. The summed E-state index contributed by atoms with van der Waals surface area (Å²) in [5.41, 5.74) is 6.64. The third-order valence-corrected chi connectivity index (χ3v) is 1.89. The number of alkyl halides is 1. The van der Waals surface area contributed by atoms with Crippen LogP contribution in [0.5, 0.6) is 0 Å². The number of halogens is 1. The summed E-state index contributed by atoms with van der Waals surface area (Å²) in [5, 5.41) is 0.0670. The summed E-state index contributed by atoms with van der Waals surface area (Å²) in [4.78, 5) is 0. The summed E-state index contributed by atoms with van der Waals surface area (Å²) in [5.74, 6) is 0. The van der Waals surface area contributed by atoms with E-state index in [2.05, 4.69) is 12.1 Å². The molecule has 0 aliphatic rings. The molecular formula is C9H12ClN. The molecule has 11 heavy (non-hydrogen) atoms. The fourth-order valence-electron chi connectivity index (χ4n) is 0.953. The van der Waals surface area contributed by atoms with Crippen molar-refractivity contribution in [1.82, 2.24) is 0 Å². The van der Waals surface area contributed by atoms with E-state index in [1.807, 2.05) is 18.2 Å². The Bertz CT molecular complexity index is 198. The second-order valence-electron chi connectivity index (χ2n) is 2.52. The van der Waals surface area contributed by atoms with Crippen molar-refractivity contribution >= 4 is 11.6 Å². The van der Waals surface area contributed by atoms with Crippen molar-refractivity contribution in [2.24, 2.45) is 5.73 Å². The smallest absolute Gasteiger partial charge is 0.0498 e. The molecule has 1 atom stereocenters. The Hall–Kier alpha value is -0.530. The van der Waals surface area contributed by atoms with E-state index in [0.29, 0.717) is 6.54 Å². The average molecular weight is 170 g/mol. The summed E-state index contributed by atoms with van der Waals surface area (Å²) in [6, 6.07) is 10.1. The van der Waals surface area contributed by atoms with Crippen LogP contribution in [0.1, 0.15) is 5.56 Å². The second kappa shape index (κ2) is 4.37. The van der Waals surface area contributed by atoms with E-state index < -0.39 is 0 Å². The van der Waals surface area contributed by atoms with E-state index in [-0.39, 0.29) is 5.38 Å². The number of hydrogen-bond acceptors (Lipinski definition) is 1. The van der Waals surface area contributed by atoms with Gasteiger partial charge in [0.15, 0.2) is 0 Å². The van der Waals surface area contributed by atoms with Crippen LogP contribution >= 0.6 is 11.6 Å². The second-order valence-corrected chi connectivity index (χ2v) is 3.14. The van der Waals surface area contributed by atoms with Gasteiger partial charge in [-0.3, -0.25) is 0 Å². The first-order chi connectivity index (χ1) is 5.33. The Morgan fingerprint density at radius 2 is 1.91 bits per heavy atom. The predicted octanol–water partition coefficient (Wildman–Crippen LogP) is 1.80. The van der Waals surface area contributed by atoms with Crippen molar-refractivity contribution in [3.05, 3.63) is 35.9 Å². The van der Waals surface area contributed by atoms with Crippen molar-refractivity contribution in [2.45, 2.75) is 11.8 Å². The molecule has 0 aliphatic heterocycles. The fourth-order valence-corrected chi connectivity index (χ4v) is 1.13. The molecule has 0 amide bonds. The molecule has 1 aromatic carbocycles. The van der Waals surface area contributed by atoms with Crippen molar-refractivity contribution in [1.29, 1.82) is 0 Å². The highest BCUT2D eigenvalue weighted by molar-refractivity contribution is 6.20. The van der Waals surface area contributed by atoms with Crippen molar-refractivity contribution in [3.63, 3.8) is 0 Å². The van der Waals surface area contributed by atoms with Gasteiger partial charge in [0, 0.05) is 11.9 Å². The average Bonchev–Trinajstić information content (AvgIpc) is 2.06. The molecule has 1 nitrogen and oxygen atoms in total. The molecule has 0 spiro atoms. The molecule has 1 unspecified atom stereocenters. The first kappa shape index (κ1) is 8.57. The van der Waals surface area contributed by atoms with Crippen LogP contribution in [0.3, 0.4) is 0 Å². The number of rotatable bonds is 3. The molecule has 1 aromatic rings. The van der Waals surface area contributed by atoms with Gasteiger partial charge in [-0.2, -0.15) is 0 Å². The molecule has 0 aliphatic carbocycles. The van der Waals surface area contributed by atoms with E-state index in [0.717, 1.165) is 6.42 Å². The quantitative estimate of drug-likeness (QED) is 0.687. The van der Waals surface area contributed by atoms with Crippen molar-refractivity contribution in [2.75, 3.05) is 6.54 Å². The van der Waals surface area contributed by atoms with Crippen LogP contribution in [0.25, 0.3) is 0 Å². The molecule has 0 saturated heterocycles. The van der Waals surface area contributed by atoms with E-state index >= 15 is 0 Å². The third-order valence-electron chi connectivity index (χ3n) is 1.56. The Morgan fingerprint density at radius 1 is 1.27 bits per heavy atom. The molecule has 0 saturated carbocycles. The highest BCUT2D eigenvalue weighted by Gasteiger charge is 2.01. The van der Waals surface area contributed by atoms with E-state index in [1.165, 1.54) is 5.56 Å². The molecule has 0 heterocycles. The maximum Gasteiger partial charge on any atom is 0.0498 e. The Labute approximate surface area is 72.2 Å². The van der Waals surface area contributed by atoms with Gasteiger partial charge in [0.2, 0.25) is 0 Å². The van der Waals surface area contributed by atoms with Crippen LogP contribution < -0.4 is 5.73 Å². The minimum Gasteiger partial charge on any atom is -0.329 e. The van der Waals surface area contributed by atoms with Crippen LogP contribution in [0.2, 0.25) is 0 Å². The molecule has 1 rings (SSSR count). The van der Waals surface area contributed by atoms with Gasteiger partial charge in [0.05, 0.1) is 0 Å². The largest absolute Gasteiger partial charge is 0.329 e. The summed E-state index contributed by atoms with van der Waals surface area (Å²) in [6.45, 7) is 0.538. The van der Waals surface area contributed by atoms with E-state index in [4.69, 9.17) is 17.3 Å². The lowest BCUT2D eigenvalue weighted by atomic mass is 10.1. The number of hydrogen-bond donors (Lipinski definition) is 1. The molecule has 0 bridgehead atoms. The summed E-state index contributed by atoms with van der Waals surface area (Å²) < 4.78 is 0. The lowest BCUT2D eigenvalue weighted by Gasteiger charge is -2.04. The third kappa shape index (κ3) is 2.91. The maximum absolute atomic E-state index is 5.87. The SMILES string of the molecule is NCC(Cl)Cc1ccccc1. The number of nitrogens with two attached hydrogens (primary N) is 1. The highest BCUT2D eigenvalue weighted by Crippen LogP contribution is 2.06. The Kier molecular flexibility index (Phi) is 3.40. The van der Waals surface area contributed by atoms with Gasteiger partial charge in [-0.1, -0.05) is 30.3 Å². The number of benzene rings is 1. The molecule has 2 N–H and O–H groups in total. The molecule has 2 heteroatoms. The standard InChI is InChI=1S/C9H12ClN/c10-9(7-11)6-8-4-2-1-3-5-8/h1-5,9H,6-7,11H2. The molecule has 0 fully saturated rings. The van der Waals surface area contributed by atoms with E-state index in [1.54, 1.807) is 0 Å². The molecule has 60 valence electrons. The van der Waals surface area contributed by atoms with Crippen LogP contribution in [-0.4, -0.2) is 11.9 Å². The summed E-state index contributed by atoms with van der Waals surface area (Å²) in [6.07, 6.45) is 0.860. The zero-order valence-corrected chi connectivity index (χ0v) is 7.09. The highest BCUT2D eigenvalue weighted by atomic mass is 35.5. The van der Waals surface area contributed by atoms with Crippen LogP contribution in [0.4, 0.5) is 0 Å². The van der Waals surface area contributed by atoms with Crippen molar-refractivity contribution < 1.29 is 0 Å². The zero-order valence-electron chi connectivity index (χ0n) is 6.33. The lowest BCUT2D eigenvalue weighted by Crippen LogP contribution is -2.16. The monoisotopic (exact) mass is 169 g/mol. The van der Waals surface area contributed by atoms with Crippen molar-refractivity contribution in [3.8, 4) is 0 Å². The summed E-state index contributed by atoms with van der Waals surface area (Å²) >= 11 is 5.87. The van der Waals surface area contributed by atoms with Gasteiger partial charge in [0.25, 0.3) is 0 Å². The molecule has 0 radical (unpaired) electrons. The van der Waals surface area contributed by atoms with Gasteiger partial charge in [-0.05, 0) is 12.0 Å². The van der Waals surface area contributed by atoms with Gasteiger partial charge in [-0.25, -0.2) is 0 Å².